The lowest BCUT2D eigenvalue weighted by atomic mass is 10.3. The standard InChI is InChI=1S/C12H16N4O2/c1-7(2)16-6-9(13)5-10(16)12(17)14-11-4-8(3)15-18-11/h4-7H,13H2,1-3H3,(H,14,17). The number of rotatable bonds is 3. The third-order valence-electron chi connectivity index (χ3n) is 2.52. The number of nitrogens with two attached hydrogens (primary N) is 1. The van der Waals surface area contributed by atoms with Gasteiger partial charge in [0, 0.05) is 18.3 Å². The van der Waals surface area contributed by atoms with Crippen LogP contribution in [0.5, 0.6) is 0 Å². The lowest BCUT2D eigenvalue weighted by Crippen LogP contribution is -2.17. The fourth-order valence-electron chi connectivity index (χ4n) is 1.71. The largest absolute Gasteiger partial charge is 0.397 e. The Hall–Kier alpha value is -2.24. The van der Waals surface area contributed by atoms with Crippen LogP contribution in [0, 0.1) is 6.92 Å². The van der Waals surface area contributed by atoms with Gasteiger partial charge < -0.3 is 14.8 Å². The highest BCUT2D eigenvalue weighted by molar-refractivity contribution is 6.03. The summed E-state index contributed by atoms with van der Waals surface area (Å²) in [5.41, 5.74) is 7.48. The number of anilines is 2. The predicted octanol–water partition coefficient (Wildman–Crippen LogP) is 2.20. The average Bonchev–Trinajstić information content (AvgIpc) is 2.85. The van der Waals surface area contributed by atoms with Crippen molar-refractivity contribution in [3.63, 3.8) is 0 Å². The lowest BCUT2D eigenvalue weighted by Gasteiger charge is -2.11. The summed E-state index contributed by atoms with van der Waals surface area (Å²) < 4.78 is 6.75. The zero-order valence-electron chi connectivity index (χ0n) is 10.6. The maximum atomic E-state index is 12.1. The molecule has 0 bridgehead atoms. The quantitative estimate of drug-likeness (QED) is 0.871. The molecule has 0 aliphatic heterocycles. The molecule has 2 rings (SSSR count). The lowest BCUT2D eigenvalue weighted by molar-refractivity contribution is 0.101. The molecule has 0 atom stereocenters. The first-order valence-corrected chi connectivity index (χ1v) is 5.69. The molecule has 0 saturated carbocycles. The van der Waals surface area contributed by atoms with Gasteiger partial charge in [-0.15, -0.1) is 0 Å². The Balaban J connectivity index is 2.23. The van der Waals surface area contributed by atoms with E-state index in [0.29, 0.717) is 23.0 Å². The number of nitrogens with zero attached hydrogens (tertiary/aromatic N) is 2. The van der Waals surface area contributed by atoms with Gasteiger partial charge in [-0.2, -0.15) is 0 Å². The van der Waals surface area contributed by atoms with Crippen molar-refractivity contribution in [2.45, 2.75) is 26.8 Å². The van der Waals surface area contributed by atoms with Gasteiger partial charge in [-0.05, 0) is 26.8 Å². The van der Waals surface area contributed by atoms with Crippen LogP contribution in [0.3, 0.4) is 0 Å². The van der Waals surface area contributed by atoms with Gasteiger partial charge in [0.15, 0.2) is 0 Å². The molecular formula is C12H16N4O2. The summed E-state index contributed by atoms with van der Waals surface area (Å²) in [5, 5.41) is 6.35. The molecular weight excluding hydrogens is 232 g/mol. The van der Waals surface area contributed by atoms with Crippen LogP contribution in [0.4, 0.5) is 11.6 Å². The molecule has 0 saturated heterocycles. The van der Waals surface area contributed by atoms with Crippen molar-refractivity contribution in [2.75, 3.05) is 11.1 Å². The number of carbonyl (C=O) groups excluding carboxylic acids is 1. The van der Waals surface area contributed by atoms with Gasteiger partial charge in [0.25, 0.3) is 5.91 Å². The second-order valence-corrected chi connectivity index (χ2v) is 4.45. The van der Waals surface area contributed by atoms with Crippen LogP contribution in [-0.2, 0) is 0 Å². The number of hydrogen-bond acceptors (Lipinski definition) is 4. The SMILES string of the molecule is Cc1cc(NC(=O)c2cc(N)cn2C(C)C)on1. The number of carbonyl (C=O) groups is 1. The van der Waals surface area contributed by atoms with E-state index in [9.17, 15) is 4.79 Å². The Bertz CT molecular complexity index is 568. The molecule has 2 heterocycles. The first kappa shape index (κ1) is 12.2. The van der Waals surface area contributed by atoms with Crippen LogP contribution >= 0.6 is 0 Å². The van der Waals surface area contributed by atoms with Crippen molar-refractivity contribution in [3.05, 3.63) is 29.7 Å². The van der Waals surface area contributed by atoms with E-state index in [-0.39, 0.29) is 11.9 Å². The van der Waals surface area contributed by atoms with Crippen molar-refractivity contribution in [1.82, 2.24) is 9.72 Å². The Morgan fingerprint density at radius 1 is 1.50 bits per heavy atom. The number of amides is 1. The molecule has 0 aliphatic rings. The molecule has 0 spiro atoms. The zero-order chi connectivity index (χ0) is 13.3. The summed E-state index contributed by atoms with van der Waals surface area (Å²) in [4.78, 5) is 12.1. The summed E-state index contributed by atoms with van der Waals surface area (Å²) in [6.07, 6.45) is 1.74. The maximum Gasteiger partial charge on any atom is 0.274 e. The molecule has 2 aromatic rings. The van der Waals surface area contributed by atoms with Gasteiger partial charge in [-0.25, -0.2) is 0 Å². The monoisotopic (exact) mass is 248 g/mol. The summed E-state index contributed by atoms with van der Waals surface area (Å²) in [7, 11) is 0. The first-order valence-electron chi connectivity index (χ1n) is 5.69. The van der Waals surface area contributed by atoms with Crippen LogP contribution in [0.25, 0.3) is 0 Å². The molecule has 0 aliphatic carbocycles. The first-order chi connectivity index (χ1) is 8.47. The van der Waals surface area contributed by atoms with Crippen molar-refractivity contribution in [1.29, 1.82) is 0 Å². The molecule has 1 amide bonds. The molecule has 6 nitrogen and oxygen atoms in total. The Morgan fingerprint density at radius 2 is 2.22 bits per heavy atom. The van der Waals surface area contributed by atoms with E-state index < -0.39 is 0 Å². The van der Waals surface area contributed by atoms with E-state index in [1.54, 1.807) is 25.3 Å². The van der Waals surface area contributed by atoms with E-state index in [1.165, 1.54) is 0 Å². The Labute approximate surface area is 105 Å². The van der Waals surface area contributed by atoms with Crippen LogP contribution < -0.4 is 11.1 Å². The van der Waals surface area contributed by atoms with Crippen LogP contribution in [0.15, 0.2) is 22.9 Å². The smallest absolute Gasteiger partial charge is 0.274 e. The molecule has 0 unspecified atom stereocenters. The van der Waals surface area contributed by atoms with Crippen molar-refractivity contribution < 1.29 is 9.32 Å². The topological polar surface area (TPSA) is 86.1 Å². The fourth-order valence-corrected chi connectivity index (χ4v) is 1.71. The highest BCUT2D eigenvalue weighted by Gasteiger charge is 2.16. The van der Waals surface area contributed by atoms with Gasteiger partial charge in [0.1, 0.15) is 5.69 Å². The zero-order valence-corrected chi connectivity index (χ0v) is 10.6. The summed E-state index contributed by atoms with van der Waals surface area (Å²) in [6, 6.07) is 3.45. The molecule has 96 valence electrons. The highest BCUT2D eigenvalue weighted by Crippen LogP contribution is 2.18. The highest BCUT2D eigenvalue weighted by atomic mass is 16.5. The summed E-state index contributed by atoms with van der Waals surface area (Å²) in [5.74, 6) is 0.0594. The minimum atomic E-state index is -0.267. The molecule has 0 radical (unpaired) electrons. The maximum absolute atomic E-state index is 12.1. The van der Waals surface area contributed by atoms with E-state index in [2.05, 4.69) is 10.5 Å². The van der Waals surface area contributed by atoms with Gasteiger partial charge in [0.05, 0.1) is 11.4 Å². The minimum Gasteiger partial charge on any atom is -0.397 e. The van der Waals surface area contributed by atoms with Crippen molar-refractivity contribution in [3.8, 4) is 0 Å². The van der Waals surface area contributed by atoms with Crippen LogP contribution in [0.1, 0.15) is 36.1 Å². The van der Waals surface area contributed by atoms with Crippen molar-refractivity contribution in [2.24, 2.45) is 0 Å². The molecule has 0 aromatic carbocycles. The third kappa shape index (κ3) is 2.37. The average molecular weight is 248 g/mol. The number of nitrogens with one attached hydrogen (secondary N) is 1. The predicted molar refractivity (Wildman–Crippen MR) is 68.4 cm³/mol. The van der Waals surface area contributed by atoms with Gasteiger partial charge in [0.2, 0.25) is 5.88 Å². The van der Waals surface area contributed by atoms with E-state index in [0.717, 1.165) is 0 Å². The Kier molecular flexibility index (Phi) is 3.10. The normalized spacial score (nSPS) is 10.9. The summed E-state index contributed by atoms with van der Waals surface area (Å²) >= 11 is 0. The number of aryl methyl sites for hydroxylation is 1. The van der Waals surface area contributed by atoms with E-state index in [1.807, 2.05) is 18.4 Å². The molecule has 2 aromatic heterocycles. The van der Waals surface area contributed by atoms with Crippen molar-refractivity contribution >= 4 is 17.5 Å². The third-order valence-corrected chi connectivity index (χ3v) is 2.52. The van der Waals surface area contributed by atoms with Gasteiger partial charge in [-0.1, -0.05) is 5.16 Å². The fraction of sp³-hybridized carbons (Fsp3) is 0.333. The van der Waals surface area contributed by atoms with Gasteiger partial charge in [-0.3, -0.25) is 10.1 Å². The Morgan fingerprint density at radius 3 is 2.78 bits per heavy atom. The van der Waals surface area contributed by atoms with Gasteiger partial charge >= 0.3 is 0 Å². The second kappa shape index (κ2) is 4.56. The van der Waals surface area contributed by atoms with E-state index >= 15 is 0 Å². The van der Waals surface area contributed by atoms with Crippen LogP contribution in [-0.4, -0.2) is 15.6 Å². The summed E-state index contributed by atoms with van der Waals surface area (Å²) in [6.45, 7) is 5.75. The van der Waals surface area contributed by atoms with Crippen LogP contribution in [0.2, 0.25) is 0 Å². The number of hydrogen-bond donors (Lipinski definition) is 2. The number of aromatic nitrogens is 2. The molecule has 6 heteroatoms. The molecule has 3 N–H and O–H groups in total. The second-order valence-electron chi connectivity index (χ2n) is 4.45. The minimum absolute atomic E-state index is 0.152. The number of nitrogen functional groups attached to an aromatic ring is 1. The molecule has 18 heavy (non-hydrogen) atoms. The van der Waals surface area contributed by atoms with E-state index in [4.69, 9.17) is 10.3 Å². The molecule has 0 fully saturated rings.